The number of hydrogen-bond donors (Lipinski definition) is 1. The van der Waals surface area contributed by atoms with Gasteiger partial charge in [0.1, 0.15) is 12.2 Å². The molecule has 1 aliphatic carbocycles. The molecule has 8 nitrogen and oxygen atoms in total. The highest BCUT2D eigenvalue weighted by atomic mass is 35.5. The number of nitrogens with zero attached hydrogens (tertiary/aromatic N) is 1. The molecule has 0 atom stereocenters. The van der Waals surface area contributed by atoms with E-state index in [-0.39, 0.29) is 31.7 Å². The van der Waals surface area contributed by atoms with Gasteiger partial charge in [0.05, 0.1) is 13.1 Å². The number of amides is 2. The molecule has 1 saturated heterocycles. The van der Waals surface area contributed by atoms with E-state index in [4.69, 9.17) is 25.8 Å². The summed E-state index contributed by atoms with van der Waals surface area (Å²) in [6.45, 7) is 5.11. The number of fused-ring (bicyclic) bond motifs is 3. The van der Waals surface area contributed by atoms with Crippen LogP contribution in [0.1, 0.15) is 37.8 Å². The molecule has 9 heteroatoms. The molecule has 1 aliphatic heterocycles. The van der Waals surface area contributed by atoms with Gasteiger partial charge in [-0.1, -0.05) is 60.1 Å². The molecule has 0 radical (unpaired) electrons. The summed E-state index contributed by atoms with van der Waals surface area (Å²) in [5.74, 6) is -0.862. The maximum Gasteiger partial charge on any atom is 0.410 e. The lowest BCUT2D eigenvalue weighted by Gasteiger charge is -2.47. The van der Waals surface area contributed by atoms with Gasteiger partial charge in [-0.05, 0) is 43.0 Å². The molecule has 180 valence electrons. The van der Waals surface area contributed by atoms with Crippen molar-refractivity contribution in [3.8, 4) is 11.1 Å². The number of hydrogen-bond acceptors (Lipinski definition) is 6. The molecule has 2 aromatic carbocycles. The first-order chi connectivity index (χ1) is 16.1. The first-order valence-corrected chi connectivity index (χ1v) is 11.5. The van der Waals surface area contributed by atoms with Gasteiger partial charge in [-0.25, -0.2) is 14.4 Å². The number of esters is 1. The summed E-state index contributed by atoms with van der Waals surface area (Å²) in [5, 5.41) is 2.59. The van der Waals surface area contributed by atoms with Gasteiger partial charge in [-0.2, -0.15) is 0 Å². The van der Waals surface area contributed by atoms with E-state index >= 15 is 0 Å². The summed E-state index contributed by atoms with van der Waals surface area (Å²) in [6.07, 6.45) is -1.37. The van der Waals surface area contributed by atoms with Crippen molar-refractivity contribution in [2.45, 2.75) is 37.8 Å². The van der Waals surface area contributed by atoms with Crippen molar-refractivity contribution in [2.75, 3.05) is 25.8 Å². The molecule has 2 amide bonds. The Morgan fingerprint density at radius 3 is 2.09 bits per heavy atom. The van der Waals surface area contributed by atoms with Gasteiger partial charge in [0.25, 0.3) is 0 Å². The molecule has 2 aromatic rings. The van der Waals surface area contributed by atoms with Gasteiger partial charge in [-0.3, -0.25) is 0 Å². The number of benzene rings is 2. The largest absolute Gasteiger partial charge is 0.449 e. The molecular weight excluding hydrogens is 460 g/mol. The molecule has 1 heterocycles. The number of carbonyl (C=O) groups is 3. The zero-order chi connectivity index (χ0) is 24.5. The van der Waals surface area contributed by atoms with Crippen LogP contribution >= 0.6 is 11.6 Å². The Labute approximate surface area is 203 Å². The summed E-state index contributed by atoms with van der Waals surface area (Å²) >= 11 is 5.56. The number of rotatable bonds is 5. The highest BCUT2D eigenvalue weighted by molar-refractivity contribution is 6.17. The van der Waals surface area contributed by atoms with Gasteiger partial charge in [-0.15, -0.1) is 0 Å². The Kier molecular flexibility index (Phi) is 6.45. The second-order valence-corrected chi connectivity index (χ2v) is 9.63. The monoisotopic (exact) mass is 486 g/mol. The maximum atomic E-state index is 12.7. The first-order valence-electron chi connectivity index (χ1n) is 11.0. The van der Waals surface area contributed by atoms with Crippen molar-refractivity contribution in [1.29, 1.82) is 0 Å². The summed E-state index contributed by atoms with van der Waals surface area (Å²) in [4.78, 5) is 38.9. The molecule has 4 rings (SSSR count). The fourth-order valence-electron chi connectivity index (χ4n) is 4.34. The number of ether oxygens (including phenoxy) is 3. The quantitative estimate of drug-likeness (QED) is 0.385. The topological polar surface area (TPSA) is 94.2 Å². The number of halogens is 1. The van der Waals surface area contributed by atoms with Crippen LogP contribution in [-0.2, 0) is 19.0 Å². The Morgan fingerprint density at radius 2 is 1.56 bits per heavy atom. The summed E-state index contributed by atoms with van der Waals surface area (Å²) in [7, 11) is 0. The predicted octanol–water partition coefficient (Wildman–Crippen LogP) is 4.25. The second-order valence-electron chi connectivity index (χ2n) is 9.41. The average molecular weight is 487 g/mol. The zero-order valence-corrected chi connectivity index (χ0v) is 20.1. The van der Waals surface area contributed by atoms with Crippen LogP contribution in [0.2, 0.25) is 0 Å². The molecule has 0 bridgehead atoms. The minimum atomic E-state index is -1.45. The van der Waals surface area contributed by atoms with Gasteiger partial charge in [0, 0.05) is 5.92 Å². The van der Waals surface area contributed by atoms with E-state index in [0.717, 1.165) is 22.3 Å². The number of carbonyl (C=O) groups excluding carboxylic acids is 3. The van der Waals surface area contributed by atoms with Gasteiger partial charge in [0.2, 0.25) is 0 Å². The zero-order valence-electron chi connectivity index (χ0n) is 19.3. The smallest absolute Gasteiger partial charge is 0.410 e. The van der Waals surface area contributed by atoms with E-state index in [1.165, 1.54) is 4.90 Å². The molecule has 0 saturated carbocycles. The van der Waals surface area contributed by atoms with Crippen LogP contribution in [-0.4, -0.2) is 60.0 Å². The van der Waals surface area contributed by atoms with Crippen molar-refractivity contribution in [1.82, 2.24) is 10.2 Å². The van der Waals surface area contributed by atoms with Crippen LogP contribution < -0.4 is 5.32 Å². The van der Waals surface area contributed by atoms with E-state index < -0.39 is 29.3 Å². The third-order valence-corrected chi connectivity index (χ3v) is 5.94. The first kappa shape index (κ1) is 23.9. The Hall–Kier alpha value is -3.26. The van der Waals surface area contributed by atoms with E-state index in [1.807, 2.05) is 48.5 Å². The average Bonchev–Trinajstić information content (AvgIpc) is 3.07. The SMILES string of the molecule is CC(C)(C)OC(=O)N1CC(NC(=O)OCC2c3ccccc3-c3ccccc32)(C(=O)OCCl)C1. The number of nitrogens with one attached hydrogen (secondary N) is 1. The third-order valence-electron chi connectivity index (χ3n) is 5.83. The Morgan fingerprint density at radius 1 is 1.00 bits per heavy atom. The minimum absolute atomic E-state index is 0.0935. The lowest BCUT2D eigenvalue weighted by Crippen LogP contribution is -2.75. The lowest BCUT2D eigenvalue weighted by atomic mass is 9.90. The summed E-state index contributed by atoms with van der Waals surface area (Å²) in [5.41, 5.74) is 2.24. The number of alkyl carbamates (subject to hydrolysis) is 1. The van der Waals surface area contributed by atoms with Crippen LogP contribution in [0, 0.1) is 0 Å². The van der Waals surface area contributed by atoms with Crippen molar-refractivity contribution in [3.05, 3.63) is 59.7 Å². The molecule has 0 aromatic heterocycles. The Balaban J connectivity index is 1.43. The molecule has 34 heavy (non-hydrogen) atoms. The fraction of sp³-hybridized carbons (Fsp3) is 0.400. The van der Waals surface area contributed by atoms with Crippen LogP contribution in [0.4, 0.5) is 9.59 Å². The van der Waals surface area contributed by atoms with E-state index in [1.54, 1.807) is 20.8 Å². The molecule has 0 spiro atoms. The third kappa shape index (κ3) is 4.68. The minimum Gasteiger partial charge on any atom is -0.449 e. The molecule has 1 N–H and O–H groups in total. The van der Waals surface area contributed by atoms with Crippen molar-refractivity contribution >= 4 is 29.8 Å². The number of likely N-dealkylation sites (tertiary alicyclic amines) is 1. The predicted molar refractivity (Wildman–Crippen MR) is 126 cm³/mol. The molecule has 2 aliphatic rings. The van der Waals surface area contributed by atoms with Crippen molar-refractivity contribution in [2.24, 2.45) is 0 Å². The van der Waals surface area contributed by atoms with Gasteiger partial charge in [0.15, 0.2) is 11.6 Å². The van der Waals surface area contributed by atoms with Crippen LogP contribution in [0.25, 0.3) is 11.1 Å². The standard InChI is InChI=1S/C25H27ClN2O6/c1-24(2,3)34-23(31)28-13-25(14-28,21(29)33-15-26)27-22(30)32-12-20-18-10-6-4-8-16(18)17-9-5-7-11-19(17)20/h4-11,20H,12-15H2,1-3H3,(H,27,30). The summed E-state index contributed by atoms with van der Waals surface area (Å²) in [6, 6.07) is 15.6. The molecule has 0 unspecified atom stereocenters. The summed E-state index contributed by atoms with van der Waals surface area (Å²) < 4.78 is 15.8. The second kappa shape index (κ2) is 9.18. The normalized spacial score (nSPS) is 16.1. The van der Waals surface area contributed by atoms with Crippen molar-refractivity contribution < 1.29 is 28.6 Å². The van der Waals surface area contributed by atoms with E-state index in [9.17, 15) is 14.4 Å². The highest BCUT2D eigenvalue weighted by Crippen LogP contribution is 2.44. The van der Waals surface area contributed by atoms with Crippen molar-refractivity contribution in [3.63, 3.8) is 0 Å². The molecule has 1 fully saturated rings. The van der Waals surface area contributed by atoms with E-state index in [0.29, 0.717) is 0 Å². The van der Waals surface area contributed by atoms with E-state index in [2.05, 4.69) is 5.32 Å². The molecular formula is C25H27ClN2O6. The fourth-order valence-corrected chi connectivity index (χ4v) is 4.44. The van der Waals surface area contributed by atoms with Crippen LogP contribution in [0.5, 0.6) is 0 Å². The lowest BCUT2D eigenvalue weighted by molar-refractivity contribution is -0.156. The highest BCUT2D eigenvalue weighted by Gasteiger charge is 2.55. The number of alkyl halides is 1. The Bertz CT molecular complexity index is 1060. The maximum absolute atomic E-state index is 12.7. The van der Waals surface area contributed by atoms with Gasteiger partial charge >= 0.3 is 18.2 Å². The van der Waals surface area contributed by atoms with Crippen LogP contribution in [0.15, 0.2) is 48.5 Å². The van der Waals surface area contributed by atoms with Gasteiger partial charge < -0.3 is 24.4 Å². The van der Waals surface area contributed by atoms with Crippen LogP contribution in [0.3, 0.4) is 0 Å².